The third-order valence-corrected chi connectivity index (χ3v) is 3.46. The van der Waals surface area contributed by atoms with E-state index in [-0.39, 0.29) is 18.5 Å². The fraction of sp³-hybridized carbons (Fsp3) is 0.188. The Balaban J connectivity index is 1.89. The molecular weight excluding hydrogens is 326 g/mol. The highest BCUT2D eigenvalue weighted by Gasteiger charge is 2.09. The molecule has 0 radical (unpaired) electrons. The van der Waals surface area contributed by atoms with Gasteiger partial charge in [-0.2, -0.15) is 0 Å². The number of halogens is 3. The number of urea groups is 1. The molecule has 0 aliphatic heterocycles. The largest absolute Gasteiger partial charge is 0.497 e. The van der Waals surface area contributed by atoms with Gasteiger partial charge in [-0.3, -0.25) is 0 Å². The zero-order chi connectivity index (χ0) is 16.8. The van der Waals surface area contributed by atoms with E-state index in [9.17, 15) is 13.6 Å². The van der Waals surface area contributed by atoms with Gasteiger partial charge in [-0.15, -0.1) is 0 Å². The van der Waals surface area contributed by atoms with Gasteiger partial charge in [-0.05, 0) is 30.2 Å². The summed E-state index contributed by atoms with van der Waals surface area (Å²) in [4.78, 5) is 11.8. The summed E-state index contributed by atoms with van der Waals surface area (Å²) in [6.45, 7) is 0.147. The van der Waals surface area contributed by atoms with E-state index in [0.29, 0.717) is 16.5 Å². The average molecular weight is 341 g/mol. The van der Waals surface area contributed by atoms with Crippen molar-refractivity contribution in [1.82, 2.24) is 5.32 Å². The molecule has 122 valence electrons. The van der Waals surface area contributed by atoms with E-state index in [1.54, 1.807) is 18.2 Å². The van der Waals surface area contributed by atoms with E-state index in [1.807, 2.05) is 0 Å². The number of amides is 2. The highest BCUT2D eigenvalue weighted by Crippen LogP contribution is 2.26. The Labute approximate surface area is 137 Å². The Morgan fingerprint density at radius 3 is 2.78 bits per heavy atom. The maximum Gasteiger partial charge on any atom is 0.319 e. The van der Waals surface area contributed by atoms with Crippen LogP contribution in [0.25, 0.3) is 0 Å². The number of benzene rings is 2. The number of carbonyl (C=O) groups excluding carboxylic acids is 1. The van der Waals surface area contributed by atoms with Gasteiger partial charge in [0.05, 0.1) is 17.8 Å². The second-order valence-corrected chi connectivity index (χ2v) is 5.10. The number of nitrogens with one attached hydrogen (secondary N) is 2. The van der Waals surface area contributed by atoms with Gasteiger partial charge < -0.3 is 15.4 Å². The van der Waals surface area contributed by atoms with Gasteiger partial charge in [-0.1, -0.05) is 23.7 Å². The Bertz CT molecular complexity index is 710. The molecule has 0 unspecified atom stereocenters. The van der Waals surface area contributed by atoms with E-state index < -0.39 is 17.7 Å². The van der Waals surface area contributed by atoms with Crippen LogP contribution in [0.4, 0.5) is 19.3 Å². The molecule has 0 heterocycles. The molecule has 0 aromatic heterocycles. The maximum absolute atomic E-state index is 13.5. The van der Waals surface area contributed by atoms with Crippen LogP contribution in [0.1, 0.15) is 5.56 Å². The van der Waals surface area contributed by atoms with Crippen LogP contribution in [0.15, 0.2) is 36.4 Å². The lowest BCUT2D eigenvalue weighted by molar-refractivity contribution is 0.252. The van der Waals surface area contributed by atoms with Gasteiger partial charge in [0, 0.05) is 12.6 Å². The molecule has 0 aliphatic carbocycles. The number of anilines is 1. The first kappa shape index (κ1) is 17.0. The first-order valence-corrected chi connectivity index (χ1v) is 7.20. The summed E-state index contributed by atoms with van der Waals surface area (Å²) in [6, 6.07) is 8.27. The molecule has 0 bridgehead atoms. The molecule has 2 rings (SSSR count). The molecule has 0 spiro atoms. The van der Waals surface area contributed by atoms with Crippen molar-refractivity contribution in [3.63, 3.8) is 0 Å². The molecule has 7 heteroatoms. The number of rotatable bonds is 5. The third kappa shape index (κ3) is 4.56. The van der Waals surface area contributed by atoms with E-state index in [4.69, 9.17) is 16.3 Å². The lowest BCUT2D eigenvalue weighted by Gasteiger charge is -2.10. The highest BCUT2D eigenvalue weighted by atomic mass is 35.5. The minimum absolute atomic E-state index is 0.147. The van der Waals surface area contributed by atoms with Crippen LogP contribution in [-0.4, -0.2) is 19.7 Å². The van der Waals surface area contributed by atoms with Crippen LogP contribution >= 0.6 is 11.6 Å². The van der Waals surface area contributed by atoms with Crippen LogP contribution in [0.3, 0.4) is 0 Å². The van der Waals surface area contributed by atoms with Crippen molar-refractivity contribution < 1.29 is 18.3 Å². The number of hydrogen-bond acceptors (Lipinski definition) is 2. The fourth-order valence-electron chi connectivity index (χ4n) is 1.95. The van der Waals surface area contributed by atoms with Gasteiger partial charge in [0.15, 0.2) is 11.6 Å². The molecule has 2 N–H and O–H groups in total. The van der Waals surface area contributed by atoms with Gasteiger partial charge >= 0.3 is 6.03 Å². The van der Waals surface area contributed by atoms with Crippen molar-refractivity contribution in [3.8, 4) is 5.75 Å². The van der Waals surface area contributed by atoms with E-state index in [1.165, 1.54) is 19.2 Å². The van der Waals surface area contributed by atoms with Crippen LogP contribution in [0.2, 0.25) is 5.02 Å². The SMILES string of the molecule is COc1ccc(Cl)c(NC(=O)NCCc2cccc(F)c2F)c1. The van der Waals surface area contributed by atoms with Crippen molar-refractivity contribution in [2.24, 2.45) is 0 Å². The Kier molecular flexibility index (Phi) is 5.76. The second-order valence-electron chi connectivity index (χ2n) is 4.69. The smallest absolute Gasteiger partial charge is 0.319 e. The standard InChI is InChI=1S/C16H15ClF2N2O2/c1-23-11-5-6-12(17)14(9-11)21-16(22)20-8-7-10-3-2-4-13(18)15(10)19/h2-6,9H,7-8H2,1H3,(H2,20,21,22). The van der Waals surface area contributed by atoms with E-state index >= 15 is 0 Å². The molecule has 0 saturated carbocycles. The predicted octanol–water partition coefficient (Wildman–Crippen LogP) is 3.99. The molecule has 0 fully saturated rings. The first-order chi connectivity index (χ1) is 11.0. The summed E-state index contributed by atoms with van der Waals surface area (Å²) in [7, 11) is 1.50. The minimum Gasteiger partial charge on any atom is -0.497 e. The second kappa shape index (κ2) is 7.78. The van der Waals surface area contributed by atoms with Crippen LogP contribution in [0, 0.1) is 11.6 Å². The highest BCUT2D eigenvalue weighted by molar-refractivity contribution is 6.33. The Morgan fingerprint density at radius 1 is 1.26 bits per heavy atom. The number of hydrogen-bond donors (Lipinski definition) is 2. The fourth-order valence-corrected chi connectivity index (χ4v) is 2.11. The molecule has 2 aromatic carbocycles. The summed E-state index contributed by atoms with van der Waals surface area (Å²) in [5.74, 6) is -1.26. The average Bonchev–Trinajstić information content (AvgIpc) is 2.53. The van der Waals surface area contributed by atoms with Gasteiger partial charge in [0.25, 0.3) is 0 Å². The minimum atomic E-state index is -0.907. The maximum atomic E-state index is 13.5. The van der Waals surface area contributed by atoms with Crippen molar-refractivity contribution in [3.05, 3.63) is 58.6 Å². The molecule has 0 saturated heterocycles. The Hall–Kier alpha value is -2.34. The van der Waals surface area contributed by atoms with Crippen molar-refractivity contribution >= 4 is 23.3 Å². The summed E-state index contributed by atoms with van der Waals surface area (Å²) < 4.78 is 31.6. The van der Waals surface area contributed by atoms with Crippen molar-refractivity contribution in [2.75, 3.05) is 19.0 Å². The normalized spacial score (nSPS) is 10.3. The molecule has 23 heavy (non-hydrogen) atoms. The summed E-state index contributed by atoms with van der Waals surface area (Å²) >= 11 is 5.98. The van der Waals surface area contributed by atoms with Crippen molar-refractivity contribution in [1.29, 1.82) is 0 Å². The molecule has 0 atom stereocenters. The summed E-state index contributed by atoms with van der Waals surface area (Å²) in [6.07, 6.45) is 0.170. The molecular formula is C16H15ClF2N2O2. The third-order valence-electron chi connectivity index (χ3n) is 3.13. The predicted molar refractivity (Wildman–Crippen MR) is 85.1 cm³/mol. The molecule has 0 aliphatic rings. The van der Waals surface area contributed by atoms with E-state index in [0.717, 1.165) is 6.07 Å². The number of methoxy groups -OCH3 is 1. The lowest BCUT2D eigenvalue weighted by Crippen LogP contribution is -2.30. The van der Waals surface area contributed by atoms with Crippen LogP contribution in [0.5, 0.6) is 5.75 Å². The van der Waals surface area contributed by atoms with Gasteiger partial charge in [0.1, 0.15) is 5.75 Å². The van der Waals surface area contributed by atoms with Gasteiger partial charge in [-0.25, -0.2) is 13.6 Å². The van der Waals surface area contributed by atoms with Crippen molar-refractivity contribution in [2.45, 2.75) is 6.42 Å². The zero-order valence-electron chi connectivity index (χ0n) is 12.3. The topological polar surface area (TPSA) is 50.4 Å². The molecule has 2 aromatic rings. The lowest BCUT2D eigenvalue weighted by atomic mass is 10.1. The molecule has 2 amide bonds. The summed E-state index contributed by atoms with van der Waals surface area (Å²) in [5, 5.41) is 5.48. The Morgan fingerprint density at radius 2 is 2.04 bits per heavy atom. The quantitative estimate of drug-likeness (QED) is 0.864. The van der Waals surface area contributed by atoms with E-state index in [2.05, 4.69) is 10.6 Å². The number of ether oxygens (including phenoxy) is 1. The van der Waals surface area contributed by atoms with Gasteiger partial charge in [0.2, 0.25) is 0 Å². The summed E-state index contributed by atoms with van der Waals surface area (Å²) in [5.41, 5.74) is 0.588. The monoisotopic (exact) mass is 340 g/mol. The molecule has 4 nitrogen and oxygen atoms in total. The van der Waals surface area contributed by atoms with Crippen LogP contribution < -0.4 is 15.4 Å². The van der Waals surface area contributed by atoms with Crippen LogP contribution in [-0.2, 0) is 6.42 Å². The first-order valence-electron chi connectivity index (χ1n) is 6.82. The zero-order valence-corrected chi connectivity index (χ0v) is 13.1. The number of carbonyl (C=O) groups is 1.